The number of rotatable bonds is 4. The minimum Gasteiger partial charge on any atom is -0.379 e. The van der Waals surface area contributed by atoms with Crippen molar-refractivity contribution in [1.82, 2.24) is 4.90 Å². The normalized spacial score (nSPS) is 16.5. The monoisotopic (exact) mass is 312 g/mol. The van der Waals surface area contributed by atoms with Gasteiger partial charge in [0.25, 0.3) is 0 Å². The lowest BCUT2D eigenvalue weighted by molar-refractivity contribution is -0.116. The Morgan fingerprint density at radius 3 is 2.61 bits per heavy atom. The van der Waals surface area contributed by atoms with Gasteiger partial charge in [-0.25, -0.2) is 0 Å². The second-order valence-electron chi connectivity index (χ2n) is 4.26. The first kappa shape index (κ1) is 13.5. The molecular formula is C13H17BrN2O2. The fourth-order valence-electron chi connectivity index (χ4n) is 1.84. The van der Waals surface area contributed by atoms with Crippen molar-refractivity contribution in [1.29, 1.82) is 0 Å². The lowest BCUT2D eigenvalue weighted by Crippen LogP contribution is -2.38. The highest BCUT2D eigenvalue weighted by molar-refractivity contribution is 9.10. The summed E-state index contributed by atoms with van der Waals surface area (Å²) in [6.45, 7) is 4.19. The molecule has 0 aliphatic carbocycles. The SMILES string of the molecule is O=C(CCN1CCOCC1)Nc1ccc(Br)cc1. The van der Waals surface area contributed by atoms with E-state index < -0.39 is 0 Å². The highest BCUT2D eigenvalue weighted by Crippen LogP contribution is 2.14. The average molecular weight is 313 g/mol. The third-order valence-corrected chi connectivity index (χ3v) is 3.42. The van der Waals surface area contributed by atoms with Gasteiger partial charge in [-0.15, -0.1) is 0 Å². The zero-order valence-electron chi connectivity index (χ0n) is 10.2. The van der Waals surface area contributed by atoms with Crippen LogP contribution >= 0.6 is 15.9 Å². The Morgan fingerprint density at radius 2 is 1.94 bits per heavy atom. The molecule has 1 aromatic rings. The van der Waals surface area contributed by atoms with E-state index in [4.69, 9.17) is 4.74 Å². The smallest absolute Gasteiger partial charge is 0.225 e. The van der Waals surface area contributed by atoms with E-state index in [0.29, 0.717) is 6.42 Å². The van der Waals surface area contributed by atoms with Gasteiger partial charge in [-0.1, -0.05) is 15.9 Å². The predicted octanol–water partition coefficient (Wildman–Crippen LogP) is 2.11. The molecule has 0 unspecified atom stereocenters. The van der Waals surface area contributed by atoms with Crippen LogP contribution in [0.25, 0.3) is 0 Å². The molecule has 4 nitrogen and oxygen atoms in total. The van der Waals surface area contributed by atoms with Gasteiger partial charge in [0.2, 0.25) is 5.91 Å². The maximum atomic E-state index is 11.8. The van der Waals surface area contributed by atoms with Gasteiger partial charge >= 0.3 is 0 Å². The molecule has 0 saturated carbocycles. The number of nitrogens with one attached hydrogen (secondary N) is 1. The van der Waals surface area contributed by atoms with Gasteiger partial charge in [-0.05, 0) is 24.3 Å². The van der Waals surface area contributed by atoms with E-state index in [1.54, 1.807) is 0 Å². The van der Waals surface area contributed by atoms with Gasteiger partial charge in [0.1, 0.15) is 0 Å². The first-order valence-corrected chi connectivity index (χ1v) is 6.89. The maximum Gasteiger partial charge on any atom is 0.225 e. The van der Waals surface area contributed by atoms with E-state index in [2.05, 4.69) is 26.1 Å². The molecule has 18 heavy (non-hydrogen) atoms. The number of morpholine rings is 1. The van der Waals surface area contributed by atoms with Crippen LogP contribution in [0.1, 0.15) is 6.42 Å². The molecule has 0 aromatic heterocycles. The number of ether oxygens (including phenoxy) is 1. The molecule has 1 aliphatic rings. The van der Waals surface area contributed by atoms with Crippen molar-refractivity contribution in [2.75, 3.05) is 38.2 Å². The molecule has 0 spiro atoms. The van der Waals surface area contributed by atoms with Crippen LogP contribution in [-0.4, -0.2) is 43.7 Å². The van der Waals surface area contributed by atoms with E-state index in [0.717, 1.165) is 43.0 Å². The van der Waals surface area contributed by atoms with Gasteiger partial charge in [0.15, 0.2) is 0 Å². The minimum absolute atomic E-state index is 0.0591. The molecule has 1 amide bonds. The zero-order chi connectivity index (χ0) is 12.8. The van der Waals surface area contributed by atoms with E-state index in [1.165, 1.54) is 0 Å². The third kappa shape index (κ3) is 4.40. The van der Waals surface area contributed by atoms with Crippen LogP contribution in [-0.2, 0) is 9.53 Å². The molecule has 98 valence electrons. The van der Waals surface area contributed by atoms with Gasteiger partial charge in [0, 0.05) is 36.2 Å². The lowest BCUT2D eigenvalue weighted by Gasteiger charge is -2.26. The quantitative estimate of drug-likeness (QED) is 0.926. The zero-order valence-corrected chi connectivity index (χ0v) is 11.8. The van der Waals surface area contributed by atoms with E-state index >= 15 is 0 Å². The molecule has 0 radical (unpaired) electrons. The van der Waals surface area contributed by atoms with Crippen molar-refractivity contribution in [2.24, 2.45) is 0 Å². The van der Waals surface area contributed by atoms with Crippen LogP contribution in [0.4, 0.5) is 5.69 Å². The number of benzene rings is 1. The summed E-state index contributed by atoms with van der Waals surface area (Å²) >= 11 is 3.36. The summed E-state index contributed by atoms with van der Waals surface area (Å²) in [5.74, 6) is 0.0591. The molecule has 1 N–H and O–H groups in total. The summed E-state index contributed by atoms with van der Waals surface area (Å²) in [4.78, 5) is 14.0. The summed E-state index contributed by atoms with van der Waals surface area (Å²) < 4.78 is 6.27. The fourth-order valence-corrected chi connectivity index (χ4v) is 2.11. The summed E-state index contributed by atoms with van der Waals surface area (Å²) in [5, 5.41) is 2.89. The number of carbonyl (C=O) groups excluding carboxylic acids is 1. The number of halogens is 1. The third-order valence-electron chi connectivity index (χ3n) is 2.89. The summed E-state index contributed by atoms with van der Waals surface area (Å²) in [6.07, 6.45) is 0.524. The topological polar surface area (TPSA) is 41.6 Å². The Morgan fingerprint density at radius 1 is 1.28 bits per heavy atom. The molecule has 1 aliphatic heterocycles. The largest absolute Gasteiger partial charge is 0.379 e. The molecule has 0 atom stereocenters. The van der Waals surface area contributed by atoms with Crippen molar-refractivity contribution < 1.29 is 9.53 Å². The molecule has 2 rings (SSSR count). The second kappa shape index (κ2) is 6.87. The first-order valence-electron chi connectivity index (χ1n) is 6.09. The molecule has 1 heterocycles. The molecule has 1 aromatic carbocycles. The maximum absolute atomic E-state index is 11.8. The number of carbonyl (C=O) groups is 1. The fraction of sp³-hybridized carbons (Fsp3) is 0.462. The molecule has 5 heteroatoms. The van der Waals surface area contributed by atoms with Crippen molar-refractivity contribution >= 4 is 27.5 Å². The number of nitrogens with zero attached hydrogens (tertiary/aromatic N) is 1. The summed E-state index contributed by atoms with van der Waals surface area (Å²) in [6, 6.07) is 7.60. The molecule has 1 saturated heterocycles. The van der Waals surface area contributed by atoms with E-state index in [9.17, 15) is 4.79 Å². The van der Waals surface area contributed by atoms with Crippen LogP contribution in [0.5, 0.6) is 0 Å². The van der Waals surface area contributed by atoms with E-state index in [-0.39, 0.29) is 5.91 Å². The molecular weight excluding hydrogens is 296 g/mol. The highest BCUT2D eigenvalue weighted by Gasteiger charge is 2.11. The van der Waals surface area contributed by atoms with E-state index in [1.807, 2.05) is 24.3 Å². The lowest BCUT2D eigenvalue weighted by atomic mass is 10.3. The molecule has 1 fully saturated rings. The Bertz CT molecular complexity index is 388. The summed E-state index contributed by atoms with van der Waals surface area (Å²) in [7, 11) is 0. The van der Waals surface area contributed by atoms with Crippen LogP contribution < -0.4 is 5.32 Å². The molecule has 0 bridgehead atoms. The van der Waals surface area contributed by atoms with Crippen LogP contribution in [0.2, 0.25) is 0 Å². The van der Waals surface area contributed by atoms with Crippen LogP contribution in [0.3, 0.4) is 0 Å². The Balaban J connectivity index is 1.73. The van der Waals surface area contributed by atoms with Crippen molar-refractivity contribution in [3.8, 4) is 0 Å². The Hall–Kier alpha value is -0.910. The van der Waals surface area contributed by atoms with Crippen molar-refractivity contribution in [2.45, 2.75) is 6.42 Å². The summed E-state index contributed by atoms with van der Waals surface area (Å²) in [5.41, 5.74) is 0.838. The Kier molecular flexibility index (Phi) is 5.16. The predicted molar refractivity (Wildman–Crippen MR) is 74.6 cm³/mol. The number of anilines is 1. The Labute approximate surface area is 115 Å². The van der Waals surface area contributed by atoms with Crippen molar-refractivity contribution in [3.63, 3.8) is 0 Å². The van der Waals surface area contributed by atoms with Gasteiger partial charge in [0.05, 0.1) is 13.2 Å². The number of hydrogen-bond acceptors (Lipinski definition) is 3. The minimum atomic E-state index is 0.0591. The highest BCUT2D eigenvalue weighted by atomic mass is 79.9. The van der Waals surface area contributed by atoms with Gasteiger partial charge < -0.3 is 10.1 Å². The standard InChI is InChI=1S/C13H17BrN2O2/c14-11-1-3-12(4-2-11)15-13(17)5-6-16-7-9-18-10-8-16/h1-4H,5-10H2,(H,15,17). The average Bonchev–Trinajstić information content (AvgIpc) is 2.40. The van der Waals surface area contributed by atoms with Crippen LogP contribution in [0, 0.1) is 0 Å². The van der Waals surface area contributed by atoms with Crippen LogP contribution in [0.15, 0.2) is 28.7 Å². The van der Waals surface area contributed by atoms with Crippen molar-refractivity contribution in [3.05, 3.63) is 28.7 Å². The number of amides is 1. The first-order chi connectivity index (χ1) is 8.74. The number of hydrogen-bond donors (Lipinski definition) is 1. The van der Waals surface area contributed by atoms with Gasteiger partial charge in [-0.3, -0.25) is 9.69 Å². The van der Waals surface area contributed by atoms with Gasteiger partial charge in [-0.2, -0.15) is 0 Å². The second-order valence-corrected chi connectivity index (χ2v) is 5.17.